The van der Waals surface area contributed by atoms with Gasteiger partial charge in [0.1, 0.15) is 5.75 Å². The molecule has 1 aliphatic carbocycles. The molecule has 1 aromatic carbocycles. The van der Waals surface area contributed by atoms with Crippen LogP contribution in [0.2, 0.25) is 0 Å². The topological polar surface area (TPSA) is 66.0 Å². The van der Waals surface area contributed by atoms with E-state index in [1.54, 1.807) is 0 Å². The number of hydrogen-bond donors (Lipinski definition) is 2. The number of amides is 1. The van der Waals surface area contributed by atoms with Crippen LogP contribution in [0, 0.1) is 5.92 Å². The summed E-state index contributed by atoms with van der Waals surface area (Å²) in [6.07, 6.45) is 3.10. The maximum absolute atomic E-state index is 11.7. The molecule has 30 heavy (non-hydrogen) atoms. The average Bonchev–Trinajstić information content (AvgIpc) is 3.54. The van der Waals surface area contributed by atoms with E-state index in [2.05, 4.69) is 58.3 Å². The van der Waals surface area contributed by atoms with Crippen molar-refractivity contribution >= 4 is 47.6 Å². The monoisotopic (exact) mass is 546 g/mol. The first kappa shape index (κ1) is 25.1. The molecule has 8 heteroatoms. The number of ether oxygens (including phenoxy) is 1. The maximum Gasteiger partial charge on any atom is 0.258 e. The third kappa shape index (κ3) is 8.17. The first-order valence-electron chi connectivity index (χ1n) is 10.6. The molecule has 1 atom stereocenters. The lowest BCUT2D eigenvalue weighted by atomic mass is 10.1. The molecule has 1 heterocycles. The fourth-order valence-corrected chi connectivity index (χ4v) is 4.62. The zero-order valence-electron chi connectivity index (χ0n) is 18.2. The number of rotatable bonds is 8. The molecule has 0 aromatic heterocycles. The third-order valence-corrected chi connectivity index (χ3v) is 6.82. The lowest BCUT2D eigenvalue weighted by Gasteiger charge is -2.36. The van der Waals surface area contributed by atoms with Crippen LogP contribution in [-0.4, -0.2) is 67.1 Å². The van der Waals surface area contributed by atoms with E-state index < -0.39 is 0 Å². The Kier molecular flexibility index (Phi) is 10.6. The molecule has 1 unspecified atom stereocenters. The van der Waals surface area contributed by atoms with Gasteiger partial charge in [0.15, 0.2) is 12.6 Å². The number of hydrogen-bond acceptors (Lipinski definition) is 4. The van der Waals surface area contributed by atoms with Crippen LogP contribution in [-0.2, 0) is 11.2 Å². The minimum atomic E-state index is -0.0389. The molecule has 3 rings (SSSR count). The zero-order chi connectivity index (χ0) is 20.6. The van der Waals surface area contributed by atoms with Gasteiger partial charge in [0.25, 0.3) is 5.91 Å². The summed E-state index contributed by atoms with van der Waals surface area (Å²) in [6, 6.07) is 8.36. The molecule has 1 aliphatic heterocycles. The molecule has 6 nitrogen and oxygen atoms in total. The van der Waals surface area contributed by atoms with E-state index in [1.165, 1.54) is 5.56 Å². The van der Waals surface area contributed by atoms with Gasteiger partial charge in [0.2, 0.25) is 0 Å². The molecule has 168 valence electrons. The average molecular weight is 547 g/mol. The van der Waals surface area contributed by atoms with Crippen LogP contribution in [0.15, 0.2) is 29.3 Å². The predicted molar refractivity (Wildman–Crippen MR) is 136 cm³/mol. The summed E-state index contributed by atoms with van der Waals surface area (Å²) in [6.45, 7) is 7.62. The molecule has 0 bridgehead atoms. The fourth-order valence-electron chi connectivity index (χ4n) is 3.32. The van der Waals surface area contributed by atoms with Gasteiger partial charge in [-0.15, -0.1) is 24.0 Å². The van der Waals surface area contributed by atoms with E-state index in [4.69, 9.17) is 4.74 Å². The van der Waals surface area contributed by atoms with Crippen LogP contribution in [0.1, 0.15) is 32.3 Å². The molecule has 1 saturated carbocycles. The number of guanidine groups is 1. The molecular weight excluding hydrogens is 511 g/mol. The number of carbonyl (C=O) groups excluding carboxylic acids is 1. The molecule has 0 spiro atoms. The molecule has 2 aliphatic rings. The fraction of sp³-hybridized carbons (Fsp3) is 0.636. The third-order valence-electron chi connectivity index (χ3n) is 5.28. The lowest BCUT2D eigenvalue weighted by Crippen LogP contribution is -2.49. The van der Waals surface area contributed by atoms with Crippen molar-refractivity contribution in [2.24, 2.45) is 10.9 Å². The van der Waals surface area contributed by atoms with Crippen molar-refractivity contribution in [2.75, 3.05) is 39.0 Å². The summed E-state index contributed by atoms with van der Waals surface area (Å²) >= 11 is 2.08. The molecule has 2 N–H and O–H groups in total. The van der Waals surface area contributed by atoms with E-state index in [0.717, 1.165) is 56.4 Å². The second kappa shape index (κ2) is 12.6. The van der Waals surface area contributed by atoms with Crippen LogP contribution >= 0.6 is 35.7 Å². The van der Waals surface area contributed by atoms with Crippen molar-refractivity contribution in [1.29, 1.82) is 0 Å². The van der Waals surface area contributed by atoms with Crippen molar-refractivity contribution in [2.45, 2.75) is 44.4 Å². The van der Waals surface area contributed by atoms with Crippen molar-refractivity contribution < 1.29 is 9.53 Å². The van der Waals surface area contributed by atoms with Gasteiger partial charge in [-0.1, -0.05) is 26.0 Å². The molecule has 2 fully saturated rings. The Labute approximate surface area is 202 Å². The van der Waals surface area contributed by atoms with Crippen molar-refractivity contribution in [3.05, 3.63) is 29.8 Å². The highest BCUT2D eigenvalue weighted by Gasteiger charge is 2.25. The van der Waals surface area contributed by atoms with Crippen LogP contribution in [0.3, 0.4) is 0 Å². The van der Waals surface area contributed by atoms with Gasteiger partial charge < -0.3 is 20.3 Å². The number of carbonyl (C=O) groups is 1. The molecule has 1 saturated heterocycles. The van der Waals surface area contributed by atoms with E-state index in [-0.39, 0.29) is 36.5 Å². The van der Waals surface area contributed by atoms with Gasteiger partial charge >= 0.3 is 0 Å². The Balaban J connectivity index is 0.00000320. The number of thioether (sulfide) groups is 1. The summed E-state index contributed by atoms with van der Waals surface area (Å²) in [7, 11) is 1.86. The first-order chi connectivity index (χ1) is 14.0. The smallest absolute Gasteiger partial charge is 0.258 e. The van der Waals surface area contributed by atoms with Crippen LogP contribution in [0.5, 0.6) is 5.75 Å². The van der Waals surface area contributed by atoms with E-state index >= 15 is 0 Å². The minimum Gasteiger partial charge on any atom is -0.484 e. The number of nitrogens with one attached hydrogen (secondary N) is 2. The summed E-state index contributed by atoms with van der Waals surface area (Å²) in [5.74, 6) is 3.53. The lowest BCUT2D eigenvalue weighted by molar-refractivity contribution is -0.123. The number of halogens is 1. The quantitative estimate of drug-likeness (QED) is 0.298. The summed E-state index contributed by atoms with van der Waals surface area (Å²) in [5, 5.41) is 7.10. The second-order valence-electron chi connectivity index (χ2n) is 8.10. The largest absolute Gasteiger partial charge is 0.484 e. The Morgan fingerprint density at radius 1 is 1.30 bits per heavy atom. The maximum atomic E-state index is 11.7. The molecule has 0 radical (unpaired) electrons. The van der Waals surface area contributed by atoms with Gasteiger partial charge in [0, 0.05) is 43.7 Å². The molecular formula is C22H35IN4O2S. The number of aliphatic imine (C=N–C) groups is 1. The SMILES string of the molecule is CN=C(NCCc1ccc(OCC(=O)NC2CC2)cc1)N1CCSC(C(C)C)C1.I. The van der Waals surface area contributed by atoms with Crippen molar-refractivity contribution in [3.63, 3.8) is 0 Å². The van der Waals surface area contributed by atoms with Crippen LogP contribution in [0.4, 0.5) is 0 Å². The van der Waals surface area contributed by atoms with Crippen molar-refractivity contribution in [1.82, 2.24) is 15.5 Å². The van der Waals surface area contributed by atoms with Gasteiger partial charge in [0.05, 0.1) is 0 Å². The Morgan fingerprint density at radius 2 is 2.03 bits per heavy atom. The van der Waals surface area contributed by atoms with Gasteiger partial charge in [-0.05, 0) is 42.9 Å². The van der Waals surface area contributed by atoms with Gasteiger partial charge in [-0.25, -0.2) is 0 Å². The highest BCUT2D eigenvalue weighted by Crippen LogP contribution is 2.24. The number of benzene rings is 1. The molecule has 1 aromatic rings. The zero-order valence-corrected chi connectivity index (χ0v) is 21.4. The Bertz CT molecular complexity index is 695. The van der Waals surface area contributed by atoms with Gasteiger partial charge in [-0.3, -0.25) is 9.79 Å². The van der Waals surface area contributed by atoms with Crippen LogP contribution < -0.4 is 15.4 Å². The summed E-state index contributed by atoms with van der Waals surface area (Å²) in [5.41, 5.74) is 1.23. The highest BCUT2D eigenvalue weighted by molar-refractivity contribution is 14.0. The normalized spacial score (nSPS) is 19.3. The first-order valence-corrected chi connectivity index (χ1v) is 11.7. The Morgan fingerprint density at radius 3 is 2.67 bits per heavy atom. The van der Waals surface area contributed by atoms with E-state index in [0.29, 0.717) is 17.2 Å². The van der Waals surface area contributed by atoms with E-state index in [1.807, 2.05) is 19.2 Å². The van der Waals surface area contributed by atoms with Crippen molar-refractivity contribution in [3.8, 4) is 5.75 Å². The minimum absolute atomic E-state index is 0. The predicted octanol–water partition coefficient (Wildman–Crippen LogP) is 3.15. The Hall–Kier alpha value is -1.16. The van der Waals surface area contributed by atoms with Crippen LogP contribution in [0.25, 0.3) is 0 Å². The summed E-state index contributed by atoms with van der Waals surface area (Å²) in [4.78, 5) is 18.6. The van der Waals surface area contributed by atoms with Gasteiger partial charge in [-0.2, -0.15) is 11.8 Å². The summed E-state index contributed by atoms with van der Waals surface area (Å²) < 4.78 is 5.56. The second-order valence-corrected chi connectivity index (χ2v) is 9.44. The van der Waals surface area contributed by atoms with E-state index in [9.17, 15) is 4.79 Å². The number of nitrogens with zero attached hydrogens (tertiary/aromatic N) is 2. The molecule has 1 amide bonds. The standard InChI is InChI=1S/C22H34N4O2S.HI/c1-16(2)20-14-26(12-13-29-20)22(23-3)24-11-10-17-4-8-19(9-5-17)28-15-21(27)25-18-6-7-18;/h4-5,8-9,16,18,20H,6-7,10-15H2,1-3H3,(H,23,24)(H,25,27);1H. The highest BCUT2D eigenvalue weighted by atomic mass is 127.